The number of hydrogen-bond donors (Lipinski definition) is 3. The van der Waals surface area contributed by atoms with Crippen molar-refractivity contribution in [3.63, 3.8) is 0 Å². The lowest BCUT2D eigenvalue weighted by Gasteiger charge is -2.18. The first-order valence-electron chi connectivity index (χ1n) is 4.52. The Bertz CT molecular complexity index is 335. The van der Waals surface area contributed by atoms with E-state index < -0.39 is 18.0 Å². The van der Waals surface area contributed by atoms with E-state index in [1.807, 2.05) is 0 Å². The number of likely N-dealkylation sites (N-methyl/N-ethyl adjacent to an activating group) is 1. The first-order valence-corrected chi connectivity index (χ1v) is 4.89. The van der Waals surface area contributed by atoms with Crippen LogP contribution >= 0.6 is 11.6 Å². The number of benzene rings is 1. The van der Waals surface area contributed by atoms with Gasteiger partial charge in [-0.25, -0.2) is 4.39 Å². The zero-order chi connectivity index (χ0) is 11.4. The van der Waals surface area contributed by atoms with Crippen molar-refractivity contribution in [3.05, 3.63) is 34.6 Å². The smallest absolute Gasteiger partial charge is 0.129 e. The van der Waals surface area contributed by atoms with Crippen molar-refractivity contribution < 1.29 is 14.6 Å². The second kappa shape index (κ2) is 5.42. The van der Waals surface area contributed by atoms with E-state index in [0.29, 0.717) is 5.02 Å². The lowest BCUT2D eigenvalue weighted by atomic mass is 10.0. The van der Waals surface area contributed by atoms with E-state index in [9.17, 15) is 14.6 Å². The Morgan fingerprint density at radius 2 is 2.13 bits per heavy atom. The molecule has 0 spiro atoms. The monoisotopic (exact) mass is 233 g/mol. The van der Waals surface area contributed by atoms with E-state index in [0.717, 1.165) is 6.07 Å². The highest BCUT2D eigenvalue weighted by molar-refractivity contribution is 6.30. The fourth-order valence-electron chi connectivity index (χ4n) is 1.27. The molecule has 0 radical (unpaired) electrons. The number of halogens is 2. The molecular weight excluding hydrogens is 221 g/mol. The molecule has 84 valence electrons. The van der Waals surface area contributed by atoms with Gasteiger partial charge < -0.3 is 15.5 Å². The fraction of sp³-hybridized carbons (Fsp3) is 0.400. The third-order valence-electron chi connectivity index (χ3n) is 2.05. The van der Waals surface area contributed by atoms with Crippen LogP contribution in [0.3, 0.4) is 0 Å². The largest absolute Gasteiger partial charge is 0.389 e. The molecular formula is C10H13ClFNO2. The predicted octanol–water partition coefficient (Wildman–Crippen LogP) is 1.09. The van der Waals surface area contributed by atoms with Gasteiger partial charge in [0.25, 0.3) is 0 Å². The molecule has 3 N–H and O–H groups in total. The average Bonchev–Trinajstić information content (AvgIpc) is 2.21. The molecule has 3 nitrogen and oxygen atoms in total. The average molecular weight is 234 g/mol. The fourth-order valence-corrected chi connectivity index (χ4v) is 1.45. The van der Waals surface area contributed by atoms with Crippen LogP contribution in [0, 0.1) is 5.82 Å². The lowest BCUT2D eigenvalue weighted by molar-refractivity contribution is 0.0181. The highest BCUT2D eigenvalue weighted by Gasteiger charge is 2.21. The van der Waals surface area contributed by atoms with Gasteiger partial charge in [-0.1, -0.05) is 11.6 Å². The Labute approximate surface area is 92.5 Å². The van der Waals surface area contributed by atoms with Crippen molar-refractivity contribution in [2.45, 2.75) is 12.2 Å². The molecule has 0 heterocycles. The van der Waals surface area contributed by atoms with Gasteiger partial charge in [-0.05, 0) is 25.2 Å². The normalized spacial score (nSPS) is 15.0. The number of rotatable bonds is 4. The number of hydrogen-bond acceptors (Lipinski definition) is 3. The van der Waals surface area contributed by atoms with Crippen LogP contribution in [0.1, 0.15) is 11.7 Å². The number of aliphatic hydroxyl groups is 2. The van der Waals surface area contributed by atoms with Crippen molar-refractivity contribution in [2.75, 3.05) is 13.6 Å². The molecule has 0 aliphatic carbocycles. The molecule has 0 amide bonds. The highest BCUT2D eigenvalue weighted by Crippen LogP contribution is 2.23. The summed E-state index contributed by atoms with van der Waals surface area (Å²) in [7, 11) is 1.63. The van der Waals surface area contributed by atoms with Crippen molar-refractivity contribution >= 4 is 11.6 Å². The summed E-state index contributed by atoms with van der Waals surface area (Å²) in [5.41, 5.74) is 0.00486. The summed E-state index contributed by atoms with van der Waals surface area (Å²) in [6.07, 6.45) is -2.35. The third-order valence-corrected chi connectivity index (χ3v) is 2.29. The summed E-state index contributed by atoms with van der Waals surface area (Å²) >= 11 is 5.67. The zero-order valence-electron chi connectivity index (χ0n) is 8.24. The molecule has 1 aromatic carbocycles. The van der Waals surface area contributed by atoms with Crippen LogP contribution in [0.5, 0.6) is 0 Å². The van der Waals surface area contributed by atoms with Gasteiger partial charge in [0, 0.05) is 17.1 Å². The quantitative estimate of drug-likeness (QED) is 0.730. The van der Waals surface area contributed by atoms with Crippen molar-refractivity contribution in [2.24, 2.45) is 0 Å². The Morgan fingerprint density at radius 3 is 2.73 bits per heavy atom. The van der Waals surface area contributed by atoms with Gasteiger partial charge in [0.2, 0.25) is 0 Å². The first-order chi connectivity index (χ1) is 7.06. The van der Waals surface area contributed by atoms with Crippen LogP contribution < -0.4 is 5.32 Å². The maximum Gasteiger partial charge on any atom is 0.129 e. The Balaban J connectivity index is 2.89. The molecule has 0 bridgehead atoms. The van der Waals surface area contributed by atoms with Crippen LogP contribution in [0.15, 0.2) is 18.2 Å². The molecule has 15 heavy (non-hydrogen) atoms. The van der Waals surface area contributed by atoms with Crippen LogP contribution in [-0.4, -0.2) is 29.9 Å². The van der Waals surface area contributed by atoms with E-state index in [-0.39, 0.29) is 12.1 Å². The molecule has 0 saturated carbocycles. The van der Waals surface area contributed by atoms with Gasteiger partial charge >= 0.3 is 0 Å². The Hall–Kier alpha value is -0.680. The summed E-state index contributed by atoms with van der Waals surface area (Å²) in [6.45, 7) is 0.174. The van der Waals surface area contributed by atoms with Crippen LogP contribution in [0.25, 0.3) is 0 Å². The Morgan fingerprint density at radius 1 is 1.47 bits per heavy atom. The van der Waals surface area contributed by atoms with E-state index in [2.05, 4.69) is 5.32 Å². The second-order valence-corrected chi connectivity index (χ2v) is 3.67. The van der Waals surface area contributed by atoms with Gasteiger partial charge in [0.15, 0.2) is 0 Å². The SMILES string of the molecule is CNCC(O)C(O)c1cc(Cl)ccc1F. The molecule has 1 rings (SSSR count). The van der Waals surface area contributed by atoms with Crippen LogP contribution in [0.4, 0.5) is 4.39 Å². The highest BCUT2D eigenvalue weighted by atomic mass is 35.5. The topological polar surface area (TPSA) is 52.5 Å². The maximum absolute atomic E-state index is 13.3. The summed E-state index contributed by atoms with van der Waals surface area (Å²) in [6, 6.07) is 3.85. The second-order valence-electron chi connectivity index (χ2n) is 3.24. The van der Waals surface area contributed by atoms with Gasteiger partial charge in [0.1, 0.15) is 11.9 Å². The van der Waals surface area contributed by atoms with E-state index in [1.54, 1.807) is 7.05 Å². The van der Waals surface area contributed by atoms with E-state index >= 15 is 0 Å². The van der Waals surface area contributed by atoms with Gasteiger partial charge in [-0.2, -0.15) is 0 Å². The van der Waals surface area contributed by atoms with Gasteiger partial charge in [-0.3, -0.25) is 0 Å². The molecule has 0 fully saturated rings. The summed E-state index contributed by atoms with van der Waals surface area (Å²) in [5.74, 6) is -0.581. The molecule has 0 aliphatic rings. The van der Waals surface area contributed by atoms with E-state index in [1.165, 1.54) is 12.1 Å². The zero-order valence-corrected chi connectivity index (χ0v) is 9.00. The maximum atomic E-state index is 13.3. The van der Waals surface area contributed by atoms with E-state index in [4.69, 9.17) is 11.6 Å². The van der Waals surface area contributed by atoms with Gasteiger partial charge in [0.05, 0.1) is 6.10 Å². The number of aliphatic hydroxyl groups excluding tert-OH is 2. The molecule has 5 heteroatoms. The van der Waals surface area contributed by atoms with Crippen LogP contribution in [0.2, 0.25) is 5.02 Å². The van der Waals surface area contributed by atoms with Crippen LogP contribution in [-0.2, 0) is 0 Å². The van der Waals surface area contributed by atoms with Gasteiger partial charge in [-0.15, -0.1) is 0 Å². The summed E-state index contributed by atoms with van der Waals surface area (Å²) < 4.78 is 13.3. The summed E-state index contributed by atoms with van der Waals surface area (Å²) in [5, 5.41) is 22.1. The predicted molar refractivity (Wildman–Crippen MR) is 56.3 cm³/mol. The molecule has 0 aromatic heterocycles. The standard InChI is InChI=1S/C10H13ClFNO2/c1-13-5-9(14)10(15)7-4-6(11)2-3-8(7)12/h2-4,9-10,13-15H,5H2,1H3. The lowest BCUT2D eigenvalue weighted by Crippen LogP contribution is -2.30. The Kier molecular flexibility index (Phi) is 4.47. The molecule has 2 atom stereocenters. The van der Waals surface area contributed by atoms with Crippen molar-refractivity contribution in [3.8, 4) is 0 Å². The molecule has 2 unspecified atom stereocenters. The number of nitrogens with one attached hydrogen (secondary N) is 1. The minimum Gasteiger partial charge on any atom is -0.389 e. The molecule has 0 saturated heterocycles. The third kappa shape index (κ3) is 3.14. The first kappa shape index (κ1) is 12.4. The van der Waals surface area contributed by atoms with Crippen molar-refractivity contribution in [1.82, 2.24) is 5.32 Å². The minimum absolute atomic E-state index is 0.00486. The van der Waals surface area contributed by atoms with Crippen molar-refractivity contribution in [1.29, 1.82) is 0 Å². The summed E-state index contributed by atoms with van der Waals surface area (Å²) in [4.78, 5) is 0. The molecule has 1 aromatic rings. The molecule has 0 aliphatic heterocycles. The minimum atomic E-state index is -1.28.